The van der Waals surface area contributed by atoms with E-state index in [0.717, 1.165) is 17.9 Å². The molecule has 1 aliphatic rings. The highest BCUT2D eigenvalue weighted by atomic mass is 35.5. The van der Waals surface area contributed by atoms with Crippen LogP contribution >= 0.6 is 11.6 Å². The molecule has 1 fully saturated rings. The Bertz CT molecular complexity index is 423. The van der Waals surface area contributed by atoms with Crippen molar-refractivity contribution in [1.29, 1.82) is 0 Å². The van der Waals surface area contributed by atoms with E-state index in [1.807, 2.05) is 17.0 Å². The fraction of sp³-hybridized carbons (Fsp3) is 0.417. The van der Waals surface area contributed by atoms with E-state index in [2.05, 4.69) is 5.32 Å². The number of halogens is 1. The molecule has 17 heavy (non-hydrogen) atoms. The van der Waals surface area contributed by atoms with Crippen molar-refractivity contribution in [2.45, 2.75) is 6.54 Å². The number of piperazine rings is 1. The second kappa shape index (κ2) is 5.38. The maximum Gasteiger partial charge on any atom is 0.236 e. The van der Waals surface area contributed by atoms with Crippen molar-refractivity contribution in [3.63, 3.8) is 0 Å². The standard InChI is InChI=1S/C12H15ClN2O2/c1-17-11-3-2-10(13)6-9(11)8-15-5-4-14-7-12(15)16/h2-3,6,14H,4-5,7-8H2,1H3. The topological polar surface area (TPSA) is 41.6 Å². The van der Waals surface area contributed by atoms with E-state index in [4.69, 9.17) is 16.3 Å². The second-order valence-electron chi connectivity index (χ2n) is 3.95. The van der Waals surface area contributed by atoms with Crippen molar-refractivity contribution in [3.05, 3.63) is 28.8 Å². The minimum absolute atomic E-state index is 0.110. The zero-order valence-electron chi connectivity index (χ0n) is 9.70. The van der Waals surface area contributed by atoms with Crippen LogP contribution in [0.1, 0.15) is 5.56 Å². The Kier molecular flexibility index (Phi) is 3.86. The van der Waals surface area contributed by atoms with Gasteiger partial charge in [-0.2, -0.15) is 0 Å². The summed E-state index contributed by atoms with van der Waals surface area (Å²) < 4.78 is 5.26. The van der Waals surface area contributed by atoms with Crippen molar-refractivity contribution in [2.75, 3.05) is 26.7 Å². The minimum Gasteiger partial charge on any atom is -0.496 e. The van der Waals surface area contributed by atoms with Gasteiger partial charge in [0.05, 0.1) is 13.7 Å². The lowest BCUT2D eigenvalue weighted by Gasteiger charge is -2.28. The van der Waals surface area contributed by atoms with Crippen molar-refractivity contribution in [3.8, 4) is 5.75 Å². The fourth-order valence-electron chi connectivity index (χ4n) is 1.89. The lowest BCUT2D eigenvalue weighted by molar-refractivity contribution is -0.132. The van der Waals surface area contributed by atoms with Crippen LogP contribution in [0.4, 0.5) is 0 Å². The molecule has 1 amide bonds. The minimum atomic E-state index is 0.110. The Morgan fingerprint density at radius 1 is 1.53 bits per heavy atom. The van der Waals surface area contributed by atoms with Gasteiger partial charge in [-0.05, 0) is 18.2 Å². The number of methoxy groups -OCH3 is 1. The molecule has 92 valence electrons. The average Bonchev–Trinajstić information content (AvgIpc) is 2.32. The smallest absolute Gasteiger partial charge is 0.236 e. The first-order chi connectivity index (χ1) is 8.20. The molecule has 1 heterocycles. The summed E-state index contributed by atoms with van der Waals surface area (Å²) in [6.07, 6.45) is 0. The quantitative estimate of drug-likeness (QED) is 0.884. The second-order valence-corrected chi connectivity index (χ2v) is 4.38. The molecule has 0 aliphatic carbocycles. The number of carbonyl (C=O) groups excluding carboxylic acids is 1. The van der Waals surface area contributed by atoms with Crippen LogP contribution in [0.3, 0.4) is 0 Å². The van der Waals surface area contributed by atoms with Crippen LogP contribution in [-0.2, 0) is 11.3 Å². The first-order valence-corrected chi connectivity index (χ1v) is 5.89. The fourth-order valence-corrected chi connectivity index (χ4v) is 2.08. The van der Waals surface area contributed by atoms with Crippen LogP contribution in [-0.4, -0.2) is 37.6 Å². The van der Waals surface area contributed by atoms with Crippen LogP contribution in [0.25, 0.3) is 0 Å². The van der Waals surface area contributed by atoms with Crippen LogP contribution < -0.4 is 10.1 Å². The van der Waals surface area contributed by atoms with Gasteiger partial charge in [-0.25, -0.2) is 0 Å². The van der Waals surface area contributed by atoms with Gasteiger partial charge in [0.15, 0.2) is 0 Å². The maximum absolute atomic E-state index is 11.7. The Labute approximate surface area is 106 Å². The Hall–Kier alpha value is -1.26. The lowest BCUT2D eigenvalue weighted by atomic mass is 10.1. The van der Waals surface area contributed by atoms with Gasteiger partial charge in [0.1, 0.15) is 5.75 Å². The summed E-state index contributed by atoms with van der Waals surface area (Å²) in [7, 11) is 1.62. The maximum atomic E-state index is 11.7. The molecule has 1 N–H and O–H groups in total. The normalized spacial score (nSPS) is 16.1. The third-order valence-electron chi connectivity index (χ3n) is 2.79. The third kappa shape index (κ3) is 2.90. The van der Waals surface area contributed by atoms with E-state index in [1.165, 1.54) is 0 Å². The number of nitrogens with zero attached hydrogens (tertiary/aromatic N) is 1. The molecular weight excluding hydrogens is 240 g/mol. The van der Waals surface area contributed by atoms with E-state index >= 15 is 0 Å². The zero-order valence-corrected chi connectivity index (χ0v) is 10.5. The highest BCUT2D eigenvalue weighted by Crippen LogP contribution is 2.24. The van der Waals surface area contributed by atoms with Crippen molar-refractivity contribution in [1.82, 2.24) is 10.2 Å². The number of benzene rings is 1. The van der Waals surface area contributed by atoms with Gasteiger partial charge in [-0.1, -0.05) is 11.6 Å². The molecule has 1 saturated heterocycles. The predicted molar refractivity (Wildman–Crippen MR) is 66.3 cm³/mol. The highest BCUT2D eigenvalue weighted by molar-refractivity contribution is 6.30. The van der Waals surface area contributed by atoms with Gasteiger partial charge in [-0.3, -0.25) is 4.79 Å². The van der Waals surface area contributed by atoms with Gasteiger partial charge in [-0.15, -0.1) is 0 Å². The molecule has 0 bridgehead atoms. The van der Waals surface area contributed by atoms with Crippen molar-refractivity contribution < 1.29 is 9.53 Å². The summed E-state index contributed by atoms with van der Waals surface area (Å²) in [5.41, 5.74) is 0.940. The molecule has 0 aromatic heterocycles. The number of hydrogen-bond donors (Lipinski definition) is 1. The molecule has 0 radical (unpaired) electrons. The van der Waals surface area contributed by atoms with Crippen LogP contribution in [0.2, 0.25) is 5.02 Å². The Morgan fingerprint density at radius 2 is 2.35 bits per heavy atom. The van der Waals surface area contributed by atoms with E-state index < -0.39 is 0 Å². The monoisotopic (exact) mass is 254 g/mol. The average molecular weight is 255 g/mol. The number of nitrogens with one attached hydrogen (secondary N) is 1. The molecule has 1 aliphatic heterocycles. The summed E-state index contributed by atoms with van der Waals surface area (Å²) in [5, 5.41) is 3.70. The summed E-state index contributed by atoms with van der Waals surface area (Å²) in [6, 6.07) is 5.45. The highest BCUT2D eigenvalue weighted by Gasteiger charge is 2.19. The summed E-state index contributed by atoms with van der Waals surface area (Å²) in [4.78, 5) is 13.5. The van der Waals surface area contributed by atoms with Crippen molar-refractivity contribution >= 4 is 17.5 Å². The largest absolute Gasteiger partial charge is 0.496 e. The molecule has 1 aromatic carbocycles. The van der Waals surface area contributed by atoms with Gasteiger partial charge < -0.3 is 15.0 Å². The molecule has 0 unspecified atom stereocenters. The van der Waals surface area contributed by atoms with Crippen LogP contribution in [0.5, 0.6) is 5.75 Å². The van der Waals surface area contributed by atoms with Gasteiger partial charge in [0, 0.05) is 30.2 Å². The first-order valence-electron chi connectivity index (χ1n) is 5.51. The predicted octanol–water partition coefficient (Wildman–Crippen LogP) is 1.28. The molecule has 4 nitrogen and oxygen atoms in total. The molecular formula is C12H15ClN2O2. The number of carbonyl (C=O) groups is 1. The third-order valence-corrected chi connectivity index (χ3v) is 3.03. The van der Waals surface area contributed by atoms with Gasteiger partial charge in [0.2, 0.25) is 5.91 Å². The summed E-state index contributed by atoms with van der Waals surface area (Å²) in [6.45, 7) is 2.50. The van der Waals surface area contributed by atoms with Crippen LogP contribution in [0.15, 0.2) is 18.2 Å². The van der Waals surface area contributed by atoms with Gasteiger partial charge >= 0.3 is 0 Å². The van der Waals surface area contributed by atoms with E-state index in [-0.39, 0.29) is 5.91 Å². The lowest BCUT2D eigenvalue weighted by Crippen LogP contribution is -2.47. The van der Waals surface area contributed by atoms with E-state index in [1.54, 1.807) is 13.2 Å². The molecule has 2 rings (SSSR count). The number of amides is 1. The SMILES string of the molecule is COc1ccc(Cl)cc1CN1CCNCC1=O. The van der Waals surface area contributed by atoms with Crippen molar-refractivity contribution in [2.24, 2.45) is 0 Å². The van der Waals surface area contributed by atoms with E-state index in [9.17, 15) is 4.79 Å². The number of rotatable bonds is 3. The Morgan fingerprint density at radius 3 is 3.06 bits per heavy atom. The molecule has 1 aromatic rings. The van der Waals surface area contributed by atoms with Crippen LogP contribution in [0, 0.1) is 0 Å². The van der Waals surface area contributed by atoms with E-state index in [0.29, 0.717) is 24.7 Å². The molecule has 0 saturated carbocycles. The molecule has 5 heteroatoms. The number of hydrogen-bond acceptors (Lipinski definition) is 3. The molecule has 0 atom stereocenters. The van der Waals surface area contributed by atoms with Gasteiger partial charge in [0.25, 0.3) is 0 Å². The zero-order chi connectivity index (χ0) is 12.3. The number of ether oxygens (including phenoxy) is 1. The summed E-state index contributed by atoms with van der Waals surface area (Å²) >= 11 is 5.96. The first kappa shape index (κ1) is 12.2. The summed E-state index contributed by atoms with van der Waals surface area (Å²) in [5.74, 6) is 0.874. The Balaban J connectivity index is 2.16. The molecule has 0 spiro atoms.